The van der Waals surface area contributed by atoms with Gasteiger partial charge in [0.25, 0.3) is 5.82 Å². The number of methoxy groups -OCH3 is 2. The molecule has 2 heterocycles. The number of para-hydroxylation sites is 1. The van der Waals surface area contributed by atoms with Gasteiger partial charge < -0.3 is 14.5 Å². The van der Waals surface area contributed by atoms with E-state index in [-0.39, 0.29) is 6.04 Å². The number of nitrogens with one attached hydrogen (secondary N) is 3. The van der Waals surface area contributed by atoms with Gasteiger partial charge in [-0.1, -0.05) is 24.3 Å². The number of hydrogen-bond acceptors (Lipinski definition) is 3. The highest BCUT2D eigenvalue weighted by Crippen LogP contribution is 2.37. The smallest absolute Gasteiger partial charge is 0.273 e. The molecule has 2 aromatic heterocycles. The molecule has 0 aliphatic carbocycles. The molecule has 0 amide bonds. The summed E-state index contributed by atoms with van der Waals surface area (Å²) in [6.07, 6.45) is 1.95. The fraction of sp³-hybridized carbons (Fsp3) is 0.208. The number of aromatic nitrogens is 2. The number of hydrogen-bond donors (Lipinski definition) is 2. The quantitative estimate of drug-likeness (QED) is 0.498. The molecular weight excluding hydrogens is 362 g/mol. The van der Waals surface area contributed by atoms with Gasteiger partial charge in [0.05, 0.1) is 20.4 Å². The summed E-state index contributed by atoms with van der Waals surface area (Å²) >= 11 is 0. The van der Waals surface area contributed by atoms with Crippen LogP contribution < -0.4 is 19.8 Å². The van der Waals surface area contributed by atoms with Crippen molar-refractivity contribution in [3.63, 3.8) is 0 Å². The molecule has 2 aromatic carbocycles. The number of benzene rings is 2. The van der Waals surface area contributed by atoms with Crippen molar-refractivity contribution in [3.05, 3.63) is 83.2 Å². The Hall–Kier alpha value is -3.47. The second-order valence-electron chi connectivity index (χ2n) is 7.18. The van der Waals surface area contributed by atoms with Crippen molar-refractivity contribution >= 4 is 16.7 Å². The Morgan fingerprint density at radius 2 is 1.72 bits per heavy atom. The molecule has 29 heavy (non-hydrogen) atoms. The molecular formula is C24H26N3O2+. The molecule has 0 bridgehead atoms. The van der Waals surface area contributed by atoms with Crippen LogP contribution in [0.5, 0.6) is 11.5 Å². The lowest BCUT2D eigenvalue weighted by Crippen LogP contribution is -2.19. The van der Waals surface area contributed by atoms with Gasteiger partial charge in [-0.15, -0.1) is 0 Å². The Morgan fingerprint density at radius 1 is 0.931 bits per heavy atom. The predicted molar refractivity (Wildman–Crippen MR) is 116 cm³/mol. The average Bonchev–Trinajstić information content (AvgIpc) is 3.07. The normalized spacial score (nSPS) is 12.0. The zero-order valence-corrected chi connectivity index (χ0v) is 17.2. The van der Waals surface area contributed by atoms with Gasteiger partial charge in [-0.3, -0.25) is 5.32 Å². The van der Waals surface area contributed by atoms with Gasteiger partial charge in [0, 0.05) is 33.8 Å². The number of aryl methyl sites for hydroxylation is 2. The van der Waals surface area contributed by atoms with Gasteiger partial charge in [0.2, 0.25) is 0 Å². The molecule has 0 saturated heterocycles. The maximum absolute atomic E-state index is 5.56. The summed E-state index contributed by atoms with van der Waals surface area (Å²) in [4.78, 5) is 6.83. The fourth-order valence-corrected chi connectivity index (χ4v) is 3.84. The van der Waals surface area contributed by atoms with Crippen LogP contribution in [0.25, 0.3) is 10.9 Å². The Balaban J connectivity index is 1.89. The van der Waals surface area contributed by atoms with Crippen LogP contribution in [0.1, 0.15) is 28.4 Å². The molecule has 5 nitrogen and oxygen atoms in total. The van der Waals surface area contributed by atoms with E-state index < -0.39 is 0 Å². The van der Waals surface area contributed by atoms with Gasteiger partial charge in [-0.05, 0) is 43.7 Å². The standard InChI is InChI=1S/C24H25N3O2/c1-15-11-12-25-22(13-15)27-24(17-9-10-20(28-3)21(14-17)29-4)23-16(2)26-19-8-6-5-7-18(19)23/h5-14,24,26H,1-4H3,(H,25,27)/p+1/t24-/m0/s1. The number of aromatic amines is 2. The van der Waals surface area contributed by atoms with E-state index in [0.717, 1.165) is 22.6 Å². The Labute approximate surface area is 170 Å². The monoisotopic (exact) mass is 388 g/mol. The molecule has 0 saturated carbocycles. The maximum Gasteiger partial charge on any atom is 0.273 e. The zero-order valence-electron chi connectivity index (χ0n) is 17.2. The first-order valence-electron chi connectivity index (χ1n) is 9.64. The van der Waals surface area contributed by atoms with Crippen molar-refractivity contribution in [3.8, 4) is 11.5 Å². The van der Waals surface area contributed by atoms with Crippen LogP contribution in [0.15, 0.2) is 60.8 Å². The molecule has 4 rings (SSSR count). The summed E-state index contributed by atoms with van der Waals surface area (Å²) in [6, 6.07) is 18.5. The molecule has 0 fully saturated rings. The van der Waals surface area contributed by atoms with E-state index in [1.54, 1.807) is 14.2 Å². The van der Waals surface area contributed by atoms with Crippen LogP contribution in [0.3, 0.4) is 0 Å². The van der Waals surface area contributed by atoms with E-state index in [2.05, 4.69) is 65.5 Å². The summed E-state index contributed by atoms with van der Waals surface area (Å²) in [5.41, 5.74) is 5.74. The summed E-state index contributed by atoms with van der Waals surface area (Å²) in [5.74, 6) is 2.38. The number of anilines is 1. The topological polar surface area (TPSA) is 60.4 Å². The van der Waals surface area contributed by atoms with Crippen LogP contribution in [0.4, 0.5) is 5.82 Å². The molecule has 0 spiro atoms. The van der Waals surface area contributed by atoms with Crippen molar-refractivity contribution < 1.29 is 14.5 Å². The summed E-state index contributed by atoms with van der Waals surface area (Å²) in [6.45, 7) is 4.20. The number of H-pyrrole nitrogens is 2. The highest BCUT2D eigenvalue weighted by Gasteiger charge is 2.26. The van der Waals surface area contributed by atoms with E-state index in [1.165, 1.54) is 16.5 Å². The fourth-order valence-electron chi connectivity index (χ4n) is 3.84. The van der Waals surface area contributed by atoms with Crippen LogP contribution >= 0.6 is 0 Å². The molecule has 0 aliphatic rings. The van der Waals surface area contributed by atoms with Crippen LogP contribution in [0.2, 0.25) is 0 Å². The third-order valence-electron chi connectivity index (χ3n) is 5.23. The maximum atomic E-state index is 5.56. The Kier molecular flexibility index (Phi) is 5.12. The lowest BCUT2D eigenvalue weighted by Gasteiger charge is -2.18. The number of pyridine rings is 1. The SMILES string of the molecule is COc1ccc([C@H](Nc2cc(C)cc[nH+]2)c2c(C)[nH]c3ccccc23)cc1OC. The second kappa shape index (κ2) is 7.87. The summed E-state index contributed by atoms with van der Waals surface area (Å²) in [5, 5.41) is 4.89. The first-order valence-corrected chi connectivity index (χ1v) is 9.64. The average molecular weight is 388 g/mol. The van der Waals surface area contributed by atoms with Crippen LogP contribution in [-0.2, 0) is 0 Å². The highest BCUT2D eigenvalue weighted by molar-refractivity contribution is 5.86. The minimum absolute atomic E-state index is 0.0796. The highest BCUT2D eigenvalue weighted by atomic mass is 16.5. The Morgan fingerprint density at radius 3 is 2.48 bits per heavy atom. The van der Waals surface area contributed by atoms with Crippen LogP contribution in [0, 0.1) is 13.8 Å². The number of fused-ring (bicyclic) bond motifs is 1. The second-order valence-corrected chi connectivity index (χ2v) is 7.18. The van der Waals surface area contributed by atoms with Gasteiger partial charge in [-0.25, -0.2) is 4.98 Å². The van der Waals surface area contributed by atoms with Crippen molar-refractivity contribution in [2.24, 2.45) is 0 Å². The van der Waals surface area contributed by atoms with Crippen molar-refractivity contribution in [1.29, 1.82) is 0 Å². The number of rotatable bonds is 6. The molecule has 0 unspecified atom stereocenters. The van der Waals surface area contributed by atoms with E-state index in [1.807, 2.05) is 24.4 Å². The molecule has 0 aliphatic heterocycles. The minimum Gasteiger partial charge on any atom is -0.493 e. The van der Waals surface area contributed by atoms with E-state index >= 15 is 0 Å². The van der Waals surface area contributed by atoms with E-state index in [4.69, 9.17) is 9.47 Å². The first kappa shape index (κ1) is 18.9. The van der Waals surface area contributed by atoms with Crippen LogP contribution in [-0.4, -0.2) is 19.2 Å². The van der Waals surface area contributed by atoms with Crippen molar-refractivity contribution in [2.75, 3.05) is 19.5 Å². The number of ether oxygens (including phenoxy) is 2. The van der Waals surface area contributed by atoms with E-state index in [0.29, 0.717) is 11.5 Å². The minimum atomic E-state index is -0.0796. The van der Waals surface area contributed by atoms with Gasteiger partial charge in [0.15, 0.2) is 11.5 Å². The third kappa shape index (κ3) is 3.63. The predicted octanol–water partition coefficient (Wildman–Crippen LogP) is 4.82. The molecule has 3 N–H and O–H groups in total. The molecule has 5 heteroatoms. The van der Waals surface area contributed by atoms with Crippen molar-refractivity contribution in [1.82, 2.24) is 4.98 Å². The lowest BCUT2D eigenvalue weighted by molar-refractivity contribution is -0.361. The van der Waals surface area contributed by atoms with Gasteiger partial charge in [0.1, 0.15) is 6.04 Å². The van der Waals surface area contributed by atoms with Gasteiger partial charge in [-0.2, -0.15) is 0 Å². The molecule has 4 aromatic rings. The summed E-state index contributed by atoms with van der Waals surface area (Å²) in [7, 11) is 3.31. The molecule has 148 valence electrons. The van der Waals surface area contributed by atoms with Crippen molar-refractivity contribution in [2.45, 2.75) is 19.9 Å². The zero-order chi connectivity index (χ0) is 20.4. The molecule has 0 radical (unpaired) electrons. The Bertz CT molecular complexity index is 1150. The largest absolute Gasteiger partial charge is 0.493 e. The first-order chi connectivity index (χ1) is 14.1. The third-order valence-corrected chi connectivity index (χ3v) is 5.23. The van der Waals surface area contributed by atoms with E-state index in [9.17, 15) is 0 Å². The summed E-state index contributed by atoms with van der Waals surface area (Å²) < 4.78 is 11.0. The molecule has 1 atom stereocenters. The lowest BCUT2D eigenvalue weighted by atomic mass is 9.95. The van der Waals surface area contributed by atoms with Gasteiger partial charge >= 0.3 is 0 Å².